The van der Waals surface area contributed by atoms with Gasteiger partial charge in [-0.3, -0.25) is 4.79 Å². The molecule has 0 unspecified atom stereocenters. The van der Waals surface area contributed by atoms with Crippen LogP contribution < -0.4 is 9.47 Å². The highest BCUT2D eigenvalue weighted by Crippen LogP contribution is 2.30. The molecule has 1 heterocycles. The van der Waals surface area contributed by atoms with Crippen molar-refractivity contribution in [3.8, 4) is 11.5 Å². The van der Waals surface area contributed by atoms with E-state index in [1.54, 1.807) is 41.5 Å². The van der Waals surface area contributed by atoms with Crippen molar-refractivity contribution in [3.63, 3.8) is 0 Å². The van der Waals surface area contributed by atoms with E-state index in [9.17, 15) is 13.2 Å². The van der Waals surface area contributed by atoms with Gasteiger partial charge in [0.1, 0.15) is 6.61 Å². The average molecular weight is 489 g/mol. The second kappa shape index (κ2) is 11.3. The summed E-state index contributed by atoms with van der Waals surface area (Å²) < 4.78 is 37.9. The van der Waals surface area contributed by atoms with E-state index in [0.29, 0.717) is 31.2 Å². The van der Waals surface area contributed by atoms with E-state index in [-0.39, 0.29) is 17.3 Å². The van der Waals surface area contributed by atoms with Crippen LogP contribution in [-0.4, -0.2) is 50.8 Å². The van der Waals surface area contributed by atoms with Crippen LogP contribution in [0, 0.1) is 0 Å². The second-order valence-electron chi connectivity index (χ2n) is 7.34. The first kappa shape index (κ1) is 24.8. The highest BCUT2D eigenvalue weighted by atomic mass is 32.2. The van der Waals surface area contributed by atoms with E-state index in [2.05, 4.69) is 0 Å². The van der Waals surface area contributed by atoms with Gasteiger partial charge in [-0.15, -0.1) is 11.3 Å². The van der Waals surface area contributed by atoms with Gasteiger partial charge in [-0.25, -0.2) is 8.42 Å². The number of carbonyl (C=O) groups excluding carboxylic acids is 1. The number of hydrogen-bond donors (Lipinski definition) is 0. The van der Waals surface area contributed by atoms with Gasteiger partial charge in [0.05, 0.1) is 18.6 Å². The van der Waals surface area contributed by atoms with Crippen LogP contribution in [0.2, 0.25) is 0 Å². The third-order valence-corrected chi connectivity index (χ3v) is 7.76. The largest absolute Gasteiger partial charge is 0.493 e. The van der Waals surface area contributed by atoms with E-state index in [4.69, 9.17) is 9.47 Å². The maximum Gasteiger partial charge on any atom is 0.243 e. The molecule has 0 aliphatic rings. The molecule has 0 N–H and O–H groups in total. The minimum atomic E-state index is -3.74. The number of thiophene rings is 1. The minimum absolute atomic E-state index is 0.159. The van der Waals surface area contributed by atoms with E-state index in [0.717, 1.165) is 14.7 Å². The van der Waals surface area contributed by atoms with Gasteiger partial charge in [0.15, 0.2) is 11.5 Å². The summed E-state index contributed by atoms with van der Waals surface area (Å²) in [6.07, 6.45) is 0. The number of hydrogen-bond acceptors (Lipinski definition) is 6. The summed E-state index contributed by atoms with van der Waals surface area (Å²) in [5.74, 6) is 0.922. The molecule has 0 fully saturated rings. The highest BCUT2D eigenvalue weighted by molar-refractivity contribution is 7.89. The Hall–Kier alpha value is -2.88. The lowest BCUT2D eigenvalue weighted by Gasteiger charge is -2.24. The van der Waals surface area contributed by atoms with Crippen LogP contribution in [0.5, 0.6) is 11.5 Å². The lowest BCUT2D eigenvalue weighted by Crippen LogP contribution is -2.40. The molecule has 0 radical (unpaired) electrons. The predicted octanol–water partition coefficient (Wildman–Crippen LogP) is 4.00. The smallest absolute Gasteiger partial charge is 0.243 e. The number of nitrogens with zero attached hydrogens (tertiary/aromatic N) is 2. The Bertz CT molecular complexity index is 1150. The van der Waals surface area contributed by atoms with Crippen LogP contribution in [0.25, 0.3) is 0 Å². The first-order valence-corrected chi connectivity index (χ1v) is 12.8. The van der Waals surface area contributed by atoms with Crippen molar-refractivity contribution in [2.45, 2.75) is 25.0 Å². The number of methoxy groups -OCH3 is 1. The second-order valence-corrected chi connectivity index (χ2v) is 10.4. The zero-order valence-electron chi connectivity index (χ0n) is 18.9. The van der Waals surface area contributed by atoms with Crippen LogP contribution in [0.4, 0.5) is 0 Å². The van der Waals surface area contributed by atoms with E-state index < -0.39 is 10.0 Å². The van der Waals surface area contributed by atoms with Crippen molar-refractivity contribution in [1.29, 1.82) is 0 Å². The standard InChI is InChI=1S/C24H28N2O5S2/c1-4-26(24(27)17-25(2)33(28,29)21-10-6-5-7-11-21)16-19-12-13-22(23(15-19)30-3)31-18-20-9-8-14-32-20/h5-15H,4,16-18H2,1-3H3. The SMILES string of the molecule is CCN(Cc1ccc(OCc2cccs2)c(OC)c1)C(=O)CN(C)S(=O)(=O)c1ccccc1. The summed E-state index contributed by atoms with van der Waals surface area (Å²) in [6, 6.07) is 17.6. The molecule has 0 saturated carbocycles. The lowest BCUT2D eigenvalue weighted by molar-refractivity contribution is -0.131. The molecule has 0 bridgehead atoms. The van der Waals surface area contributed by atoms with Crippen molar-refractivity contribution < 1.29 is 22.7 Å². The van der Waals surface area contributed by atoms with Crippen molar-refractivity contribution in [2.24, 2.45) is 0 Å². The molecule has 3 aromatic rings. The van der Waals surface area contributed by atoms with Crippen LogP contribution >= 0.6 is 11.3 Å². The van der Waals surface area contributed by atoms with Crippen molar-refractivity contribution in [1.82, 2.24) is 9.21 Å². The van der Waals surface area contributed by atoms with E-state index in [1.807, 2.05) is 42.6 Å². The van der Waals surface area contributed by atoms with Gasteiger partial charge >= 0.3 is 0 Å². The number of rotatable bonds is 11. The molecule has 0 spiro atoms. The fourth-order valence-electron chi connectivity index (χ4n) is 3.22. The molecule has 33 heavy (non-hydrogen) atoms. The van der Waals surface area contributed by atoms with Crippen LogP contribution in [0.3, 0.4) is 0 Å². The van der Waals surface area contributed by atoms with Gasteiger partial charge in [-0.2, -0.15) is 4.31 Å². The number of ether oxygens (including phenoxy) is 2. The van der Waals surface area contributed by atoms with Crippen LogP contribution in [0.1, 0.15) is 17.4 Å². The summed E-state index contributed by atoms with van der Waals surface area (Å²) in [5.41, 5.74) is 0.860. The fraction of sp³-hybridized carbons (Fsp3) is 0.292. The summed E-state index contributed by atoms with van der Waals surface area (Å²) in [6.45, 7) is 2.84. The van der Waals surface area contributed by atoms with Crippen molar-refractivity contribution >= 4 is 27.3 Å². The number of likely N-dealkylation sites (N-methyl/N-ethyl adjacent to an activating group) is 2. The molecule has 176 valence electrons. The monoisotopic (exact) mass is 488 g/mol. The Morgan fingerprint density at radius 3 is 2.42 bits per heavy atom. The zero-order chi connectivity index (χ0) is 23.8. The molecule has 0 aliphatic heterocycles. The zero-order valence-corrected chi connectivity index (χ0v) is 20.6. The maximum atomic E-state index is 12.9. The van der Waals surface area contributed by atoms with Gasteiger partial charge in [-0.05, 0) is 48.2 Å². The first-order valence-electron chi connectivity index (χ1n) is 10.5. The number of sulfonamides is 1. The molecule has 0 atom stereocenters. The summed E-state index contributed by atoms with van der Waals surface area (Å²) in [5, 5.41) is 2.00. The summed E-state index contributed by atoms with van der Waals surface area (Å²) in [4.78, 5) is 15.8. The number of amides is 1. The number of carbonyl (C=O) groups is 1. The van der Waals surface area contributed by atoms with Gasteiger partial charge in [0.25, 0.3) is 0 Å². The molecule has 7 nitrogen and oxygen atoms in total. The lowest BCUT2D eigenvalue weighted by atomic mass is 10.2. The van der Waals surface area contributed by atoms with Gasteiger partial charge < -0.3 is 14.4 Å². The van der Waals surface area contributed by atoms with Crippen LogP contribution in [-0.2, 0) is 28.0 Å². The Labute approximate surface area is 199 Å². The summed E-state index contributed by atoms with van der Waals surface area (Å²) in [7, 11) is -0.754. The molecule has 2 aromatic carbocycles. The third-order valence-electron chi connectivity index (χ3n) is 5.10. The Balaban J connectivity index is 1.66. The molecular weight excluding hydrogens is 460 g/mol. The Morgan fingerprint density at radius 2 is 1.79 bits per heavy atom. The average Bonchev–Trinajstić information content (AvgIpc) is 3.35. The molecule has 9 heteroatoms. The van der Waals surface area contributed by atoms with Crippen molar-refractivity contribution in [3.05, 3.63) is 76.5 Å². The van der Waals surface area contributed by atoms with Gasteiger partial charge in [0.2, 0.25) is 15.9 Å². The van der Waals surface area contributed by atoms with E-state index in [1.165, 1.54) is 19.2 Å². The van der Waals surface area contributed by atoms with Gasteiger partial charge in [0, 0.05) is 25.0 Å². The molecule has 1 amide bonds. The Kier molecular flexibility index (Phi) is 8.49. The maximum absolute atomic E-state index is 12.9. The normalized spacial score (nSPS) is 11.4. The molecule has 3 rings (SSSR count). The quantitative estimate of drug-likeness (QED) is 0.408. The van der Waals surface area contributed by atoms with Crippen molar-refractivity contribution in [2.75, 3.05) is 27.2 Å². The molecular formula is C24H28N2O5S2. The van der Waals surface area contributed by atoms with Crippen LogP contribution in [0.15, 0.2) is 70.9 Å². The highest BCUT2D eigenvalue weighted by Gasteiger charge is 2.25. The summed E-state index contributed by atoms with van der Waals surface area (Å²) >= 11 is 1.62. The Morgan fingerprint density at radius 1 is 1.03 bits per heavy atom. The predicted molar refractivity (Wildman–Crippen MR) is 129 cm³/mol. The first-order chi connectivity index (χ1) is 15.8. The third kappa shape index (κ3) is 6.34. The number of benzene rings is 2. The fourth-order valence-corrected chi connectivity index (χ4v) is 4.98. The van der Waals surface area contributed by atoms with Gasteiger partial charge in [-0.1, -0.05) is 30.3 Å². The minimum Gasteiger partial charge on any atom is -0.493 e. The molecule has 0 aliphatic carbocycles. The molecule has 0 saturated heterocycles. The topological polar surface area (TPSA) is 76.2 Å². The van der Waals surface area contributed by atoms with E-state index >= 15 is 0 Å². The molecule has 1 aromatic heterocycles.